The van der Waals surface area contributed by atoms with Crippen LogP contribution < -0.4 is 10.2 Å². The highest BCUT2D eigenvalue weighted by molar-refractivity contribution is 6.14. The van der Waals surface area contributed by atoms with E-state index in [0.29, 0.717) is 0 Å². The third-order valence-corrected chi connectivity index (χ3v) is 4.21. The lowest BCUT2D eigenvalue weighted by molar-refractivity contribution is -0.146. The van der Waals surface area contributed by atoms with Crippen LogP contribution >= 0.6 is 0 Å². The largest absolute Gasteiger partial charge is 0.462 e. The molecule has 0 aromatic heterocycles. The van der Waals surface area contributed by atoms with Crippen LogP contribution in [0.1, 0.15) is 39.2 Å². The van der Waals surface area contributed by atoms with Crippen molar-refractivity contribution in [1.82, 2.24) is 0 Å². The first-order valence-electron chi connectivity index (χ1n) is 9.31. The molecule has 158 valence electrons. The summed E-state index contributed by atoms with van der Waals surface area (Å²) in [6, 6.07) is 1.15. The summed E-state index contributed by atoms with van der Waals surface area (Å²) < 4.78 is 38.6. The zero-order valence-electron chi connectivity index (χ0n) is 16.8. The smallest absolute Gasteiger partial charge is 0.347 e. The molecule has 1 aromatic carbocycles. The number of nitrogens with one attached hydrogen (secondary N) is 1. The molecular formula is C20H24F2N2O5. The number of halogens is 2. The molecule has 0 unspecified atom stereocenters. The fourth-order valence-corrected chi connectivity index (χ4v) is 2.72. The Morgan fingerprint density at radius 1 is 1.14 bits per heavy atom. The van der Waals surface area contributed by atoms with Crippen molar-refractivity contribution in [3.63, 3.8) is 0 Å². The Bertz CT molecular complexity index is 830. The van der Waals surface area contributed by atoms with E-state index in [4.69, 9.17) is 9.47 Å². The molecule has 0 spiro atoms. The number of benzene rings is 1. The van der Waals surface area contributed by atoms with Crippen LogP contribution in [0.5, 0.6) is 0 Å². The maximum Gasteiger partial charge on any atom is 0.347 e. The van der Waals surface area contributed by atoms with Gasteiger partial charge in [-0.2, -0.15) is 0 Å². The van der Waals surface area contributed by atoms with Gasteiger partial charge in [0.25, 0.3) is 0 Å². The van der Waals surface area contributed by atoms with Crippen molar-refractivity contribution in [2.75, 3.05) is 23.4 Å². The highest BCUT2D eigenvalue weighted by atomic mass is 19.2. The molecule has 0 heterocycles. The van der Waals surface area contributed by atoms with Crippen molar-refractivity contribution >= 4 is 29.2 Å². The molecule has 0 aliphatic heterocycles. The summed E-state index contributed by atoms with van der Waals surface area (Å²) in [5.41, 5.74) is -0.484. The van der Waals surface area contributed by atoms with Gasteiger partial charge in [-0.15, -0.1) is 0 Å². The van der Waals surface area contributed by atoms with Crippen LogP contribution in [0.3, 0.4) is 0 Å². The average molecular weight is 410 g/mol. The highest BCUT2D eigenvalue weighted by Crippen LogP contribution is 2.38. The number of carbonyl (C=O) groups excluding carboxylic acids is 3. The predicted octanol–water partition coefficient (Wildman–Crippen LogP) is 3.21. The van der Waals surface area contributed by atoms with Crippen LogP contribution in [-0.2, 0) is 23.9 Å². The zero-order valence-corrected chi connectivity index (χ0v) is 16.8. The van der Waals surface area contributed by atoms with Crippen LogP contribution in [-0.4, -0.2) is 37.1 Å². The summed E-state index contributed by atoms with van der Waals surface area (Å²) in [6.45, 7) is 5.85. The molecule has 7 nitrogen and oxygen atoms in total. The van der Waals surface area contributed by atoms with E-state index in [-0.39, 0.29) is 41.8 Å². The summed E-state index contributed by atoms with van der Waals surface area (Å²) in [5, 5.41) is 2.25. The van der Waals surface area contributed by atoms with E-state index < -0.39 is 29.5 Å². The van der Waals surface area contributed by atoms with E-state index in [2.05, 4.69) is 5.32 Å². The highest BCUT2D eigenvalue weighted by Gasteiger charge is 2.33. The van der Waals surface area contributed by atoms with Gasteiger partial charge in [0, 0.05) is 30.4 Å². The van der Waals surface area contributed by atoms with Crippen molar-refractivity contribution in [3.8, 4) is 0 Å². The second-order valence-corrected chi connectivity index (χ2v) is 6.50. The van der Waals surface area contributed by atoms with Crippen LogP contribution in [0.2, 0.25) is 0 Å². The zero-order chi connectivity index (χ0) is 21.7. The molecule has 1 aromatic rings. The standard InChI is InChI=1S/C20H24F2N2O5/c1-5-28-19(26)14(20(27)29-6-2)10-24(13-7-8-13)16-9-15(23-12(4)25)18(22)17(21)11(16)3/h9-10,13H,5-8H2,1-4H3,(H,23,25). The van der Waals surface area contributed by atoms with Gasteiger partial charge in [-0.1, -0.05) is 0 Å². The van der Waals surface area contributed by atoms with Gasteiger partial charge >= 0.3 is 11.9 Å². The molecule has 0 saturated heterocycles. The fraction of sp³-hybridized carbons (Fsp3) is 0.450. The molecule has 1 saturated carbocycles. The second-order valence-electron chi connectivity index (χ2n) is 6.50. The molecule has 1 amide bonds. The van der Waals surface area contributed by atoms with Gasteiger partial charge in [0.05, 0.1) is 18.9 Å². The Labute approximate surface area is 167 Å². The third kappa shape index (κ3) is 5.30. The molecule has 0 bridgehead atoms. The number of ether oxygens (including phenoxy) is 2. The lowest BCUT2D eigenvalue weighted by atomic mass is 10.1. The van der Waals surface area contributed by atoms with Gasteiger partial charge in [0.15, 0.2) is 17.2 Å². The normalized spacial score (nSPS) is 12.8. The Morgan fingerprint density at radius 3 is 2.14 bits per heavy atom. The summed E-state index contributed by atoms with van der Waals surface area (Å²) in [5.74, 6) is -4.63. The minimum Gasteiger partial charge on any atom is -0.462 e. The number of rotatable bonds is 8. The van der Waals surface area contributed by atoms with Crippen molar-refractivity contribution in [3.05, 3.63) is 35.0 Å². The topological polar surface area (TPSA) is 84.9 Å². The molecule has 1 N–H and O–H groups in total. The van der Waals surface area contributed by atoms with Crippen molar-refractivity contribution in [2.24, 2.45) is 0 Å². The van der Waals surface area contributed by atoms with Gasteiger partial charge in [-0.25, -0.2) is 18.4 Å². The molecule has 0 atom stereocenters. The summed E-state index contributed by atoms with van der Waals surface area (Å²) >= 11 is 0. The van der Waals surface area contributed by atoms with E-state index >= 15 is 0 Å². The van der Waals surface area contributed by atoms with Gasteiger partial charge in [-0.3, -0.25) is 4.79 Å². The van der Waals surface area contributed by atoms with Crippen LogP contribution in [0.25, 0.3) is 0 Å². The van der Waals surface area contributed by atoms with E-state index in [1.807, 2.05) is 0 Å². The SMILES string of the molecule is CCOC(=O)C(=CN(c1cc(NC(C)=O)c(F)c(F)c1C)C1CC1)C(=O)OCC. The molecule has 0 radical (unpaired) electrons. The monoisotopic (exact) mass is 410 g/mol. The van der Waals surface area contributed by atoms with E-state index in [0.717, 1.165) is 12.8 Å². The molecule has 9 heteroatoms. The quantitative estimate of drug-likeness (QED) is 0.307. The minimum absolute atomic E-state index is 0.0215. The Hall–Kier alpha value is -2.97. The summed E-state index contributed by atoms with van der Waals surface area (Å²) in [4.78, 5) is 37.4. The number of hydrogen-bond donors (Lipinski definition) is 1. The van der Waals surface area contributed by atoms with Gasteiger partial charge in [0.1, 0.15) is 0 Å². The maximum absolute atomic E-state index is 14.5. The molecule has 1 fully saturated rings. The number of carbonyl (C=O) groups is 3. The Morgan fingerprint density at radius 2 is 1.69 bits per heavy atom. The van der Waals surface area contributed by atoms with Gasteiger partial charge in [-0.05, 0) is 39.7 Å². The van der Waals surface area contributed by atoms with Crippen LogP contribution in [0, 0.1) is 18.6 Å². The number of amides is 1. The molecule has 29 heavy (non-hydrogen) atoms. The van der Waals surface area contributed by atoms with E-state index in [1.165, 1.54) is 31.0 Å². The third-order valence-electron chi connectivity index (χ3n) is 4.21. The summed E-state index contributed by atoms with van der Waals surface area (Å²) in [7, 11) is 0. The van der Waals surface area contributed by atoms with Crippen LogP contribution in [0.4, 0.5) is 20.2 Å². The first kappa shape index (κ1) is 22.3. The molecule has 1 aliphatic carbocycles. The van der Waals surface area contributed by atoms with Gasteiger partial charge in [0.2, 0.25) is 5.91 Å². The molecular weight excluding hydrogens is 386 g/mol. The number of hydrogen-bond acceptors (Lipinski definition) is 6. The van der Waals surface area contributed by atoms with E-state index in [9.17, 15) is 23.2 Å². The maximum atomic E-state index is 14.5. The van der Waals surface area contributed by atoms with Crippen LogP contribution in [0.15, 0.2) is 17.8 Å². The lowest BCUT2D eigenvalue weighted by Crippen LogP contribution is -2.26. The number of esters is 2. The average Bonchev–Trinajstić information content (AvgIpc) is 3.48. The summed E-state index contributed by atoms with van der Waals surface area (Å²) in [6.07, 6.45) is 2.69. The van der Waals surface area contributed by atoms with E-state index in [1.54, 1.807) is 13.8 Å². The van der Waals surface area contributed by atoms with Crippen molar-refractivity contribution in [1.29, 1.82) is 0 Å². The van der Waals surface area contributed by atoms with Gasteiger partial charge < -0.3 is 19.7 Å². The lowest BCUT2D eigenvalue weighted by Gasteiger charge is -2.25. The number of nitrogens with zero attached hydrogens (tertiary/aromatic N) is 1. The molecule has 2 rings (SSSR count). The van der Waals surface area contributed by atoms with Crippen molar-refractivity contribution < 1.29 is 32.6 Å². The number of anilines is 2. The van der Waals surface area contributed by atoms with Crippen molar-refractivity contribution in [2.45, 2.75) is 46.6 Å². The second kappa shape index (κ2) is 9.49. The molecule has 1 aliphatic rings. The Kier molecular flexibility index (Phi) is 7.30. The Balaban J connectivity index is 2.59. The fourth-order valence-electron chi connectivity index (χ4n) is 2.72. The first-order valence-corrected chi connectivity index (χ1v) is 9.31. The first-order chi connectivity index (χ1) is 13.7. The predicted molar refractivity (Wildman–Crippen MR) is 102 cm³/mol. The minimum atomic E-state index is -1.18.